The van der Waals surface area contributed by atoms with Gasteiger partial charge in [-0.25, -0.2) is 23.4 Å². The summed E-state index contributed by atoms with van der Waals surface area (Å²) in [4.78, 5) is 11.4. The summed E-state index contributed by atoms with van der Waals surface area (Å²) in [6, 6.07) is 1.37. The number of rotatable bonds is 3. The van der Waals surface area contributed by atoms with Crippen molar-refractivity contribution in [1.29, 1.82) is 0 Å². The van der Waals surface area contributed by atoms with Crippen LogP contribution < -0.4 is 0 Å². The van der Waals surface area contributed by atoms with Crippen LogP contribution in [0.4, 0.5) is 0 Å². The third-order valence-electron chi connectivity index (χ3n) is 1.92. The van der Waals surface area contributed by atoms with Crippen molar-refractivity contribution < 1.29 is 8.42 Å². The predicted molar refractivity (Wildman–Crippen MR) is 69.8 cm³/mol. The molecule has 0 aliphatic carbocycles. The van der Waals surface area contributed by atoms with Gasteiger partial charge in [-0.1, -0.05) is 11.6 Å². The molecular weight excluding hydrogens is 317 g/mol. The summed E-state index contributed by atoms with van der Waals surface area (Å²) in [5.74, 6) is -0.304. The molecule has 0 spiro atoms. The Kier molecular flexibility index (Phi) is 3.86. The quantitative estimate of drug-likeness (QED) is 0.641. The number of nitrogens with zero attached hydrogens (tertiary/aromatic N) is 3. The van der Waals surface area contributed by atoms with E-state index in [2.05, 4.69) is 15.0 Å². The molecule has 5 nitrogen and oxygen atoms in total. The zero-order valence-electron chi connectivity index (χ0n) is 9.09. The highest BCUT2D eigenvalue weighted by Crippen LogP contribution is 2.21. The highest BCUT2D eigenvalue weighted by Gasteiger charge is 2.20. The van der Waals surface area contributed by atoms with Gasteiger partial charge in [0.05, 0.1) is 11.4 Å². The highest BCUT2D eigenvalue weighted by atomic mass is 35.5. The summed E-state index contributed by atoms with van der Waals surface area (Å²) in [5.41, 5.74) is 0.908. The Balaban J connectivity index is 2.33. The maximum absolute atomic E-state index is 12.0. The van der Waals surface area contributed by atoms with Crippen molar-refractivity contribution in [2.45, 2.75) is 17.0 Å². The van der Waals surface area contributed by atoms with Crippen LogP contribution in [0.5, 0.6) is 0 Å². The molecule has 2 aromatic rings. The van der Waals surface area contributed by atoms with Crippen LogP contribution in [0.15, 0.2) is 15.8 Å². The second kappa shape index (κ2) is 5.08. The number of thiazole rings is 1. The first-order valence-corrected chi connectivity index (χ1v) is 7.99. The number of hydrogen-bond donors (Lipinski definition) is 0. The monoisotopic (exact) mass is 323 g/mol. The zero-order valence-corrected chi connectivity index (χ0v) is 12.2. The molecule has 0 bridgehead atoms. The molecule has 2 heterocycles. The summed E-state index contributed by atoms with van der Waals surface area (Å²) >= 11 is 12.4. The van der Waals surface area contributed by atoms with Crippen molar-refractivity contribution in [3.63, 3.8) is 0 Å². The Morgan fingerprint density at radius 3 is 2.56 bits per heavy atom. The van der Waals surface area contributed by atoms with Gasteiger partial charge in [-0.15, -0.1) is 11.3 Å². The smallest absolute Gasteiger partial charge is 0.224 e. The largest absolute Gasteiger partial charge is 0.231 e. The van der Waals surface area contributed by atoms with Crippen LogP contribution in [0.1, 0.15) is 11.4 Å². The first kappa shape index (κ1) is 13.7. The topological polar surface area (TPSA) is 72.8 Å². The molecule has 2 aromatic heterocycles. The van der Waals surface area contributed by atoms with Crippen LogP contribution in [0.25, 0.3) is 0 Å². The summed E-state index contributed by atoms with van der Waals surface area (Å²) in [5, 5.41) is 1.70. The molecule has 0 aromatic carbocycles. The Labute approximate surface area is 118 Å². The van der Waals surface area contributed by atoms with E-state index in [1.807, 2.05) is 0 Å². The van der Waals surface area contributed by atoms with Crippen molar-refractivity contribution in [2.24, 2.45) is 0 Å². The Bertz CT molecular complexity index is 665. The van der Waals surface area contributed by atoms with E-state index < -0.39 is 9.84 Å². The molecule has 96 valence electrons. The summed E-state index contributed by atoms with van der Waals surface area (Å²) in [7, 11) is -3.53. The maximum atomic E-state index is 12.0. The van der Waals surface area contributed by atoms with Gasteiger partial charge in [-0.05, 0) is 24.6 Å². The maximum Gasteiger partial charge on any atom is 0.224 e. The summed E-state index contributed by atoms with van der Waals surface area (Å²) < 4.78 is 24.1. The molecule has 0 N–H and O–H groups in total. The van der Waals surface area contributed by atoms with Gasteiger partial charge in [0.1, 0.15) is 5.15 Å². The van der Waals surface area contributed by atoms with E-state index in [4.69, 9.17) is 23.2 Å². The van der Waals surface area contributed by atoms with Gasteiger partial charge in [0.25, 0.3) is 0 Å². The standard InChI is InChI=1S/C9H7Cl2N3O2S2/c1-5-3-17-9(12-5)18(15,16)4-6-2-7(10)14-8(11)13-6/h2-3H,4H2,1H3. The van der Waals surface area contributed by atoms with E-state index in [1.54, 1.807) is 12.3 Å². The van der Waals surface area contributed by atoms with Crippen molar-refractivity contribution >= 4 is 44.4 Å². The fourth-order valence-electron chi connectivity index (χ4n) is 1.24. The predicted octanol–water partition coefficient (Wildman–Crippen LogP) is 2.52. The van der Waals surface area contributed by atoms with Gasteiger partial charge >= 0.3 is 0 Å². The van der Waals surface area contributed by atoms with E-state index in [0.717, 1.165) is 11.3 Å². The minimum atomic E-state index is -3.53. The van der Waals surface area contributed by atoms with Gasteiger partial charge in [0, 0.05) is 11.1 Å². The molecule has 0 radical (unpaired) electrons. The van der Waals surface area contributed by atoms with Crippen molar-refractivity contribution in [1.82, 2.24) is 15.0 Å². The SMILES string of the molecule is Cc1csc(S(=O)(=O)Cc2cc(Cl)nc(Cl)n2)n1. The lowest BCUT2D eigenvalue weighted by Crippen LogP contribution is -2.06. The van der Waals surface area contributed by atoms with Crippen LogP contribution in [0, 0.1) is 6.92 Å². The lowest BCUT2D eigenvalue weighted by molar-refractivity contribution is 0.593. The van der Waals surface area contributed by atoms with E-state index in [0.29, 0.717) is 5.69 Å². The zero-order chi connectivity index (χ0) is 13.3. The van der Waals surface area contributed by atoms with E-state index in [9.17, 15) is 8.42 Å². The van der Waals surface area contributed by atoms with Gasteiger partial charge in [0.15, 0.2) is 0 Å². The van der Waals surface area contributed by atoms with Crippen molar-refractivity contribution in [3.05, 3.63) is 33.3 Å². The van der Waals surface area contributed by atoms with Gasteiger partial charge in [-0.2, -0.15) is 0 Å². The number of aromatic nitrogens is 3. The van der Waals surface area contributed by atoms with E-state index in [1.165, 1.54) is 6.07 Å². The second-order valence-corrected chi connectivity index (χ2v) is 7.21. The van der Waals surface area contributed by atoms with Crippen LogP contribution in [0.3, 0.4) is 0 Å². The molecule has 9 heteroatoms. The van der Waals surface area contributed by atoms with Crippen molar-refractivity contribution in [3.8, 4) is 0 Å². The average Bonchev–Trinajstić information content (AvgIpc) is 2.62. The lowest BCUT2D eigenvalue weighted by atomic mass is 10.5. The summed E-state index contributed by atoms with van der Waals surface area (Å²) in [6.07, 6.45) is 0. The van der Waals surface area contributed by atoms with Crippen LogP contribution in [0.2, 0.25) is 10.4 Å². The molecule has 0 saturated carbocycles. The first-order chi connectivity index (χ1) is 8.37. The van der Waals surface area contributed by atoms with Crippen molar-refractivity contribution in [2.75, 3.05) is 0 Å². The fraction of sp³-hybridized carbons (Fsp3) is 0.222. The molecule has 0 aliphatic heterocycles. The number of hydrogen-bond acceptors (Lipinski definition) is 6. The first-order valence-electron chi connectivity index (χ1n) is 4.71. The van der Waals surface area contributed by atoms with E-state index >= 15 is 0 Å². The number of aryl methyl sites for hydroxylation is 1. The van der Waals surface area contributed by atoms with E-state index in [-0.39, 0.29) is 26.2 Å². The summed E-state index contributed by atoms with van der Waals surface area (Å²) in [6.45, 7) is 1.73. The lowest BCUT2D eigenvalue weighted by Gasteiger charge is -2.01. The van der Waals surface area contributed by atoms with Gasteiger partial charge in [-0.3, -0.25) is 0 Å². The van der Waals surface area contributed by atoms with Crippen LogP contribution >= 0.6 is 34.5 Å². The third-order valence-corrected chi connectivity index (χ3v) is 5.39. The second-order valence-electron chi connectivity index (χ2n) is 3.46. The fourth-order valence-corrected chi connectivity index (χ4v) is 4.06. The molecular formula is C9H7Cl2N3O2S2. The Morgan fingerprint density at radius 1 is 1.28 bits per heavy atom. The molecule has 0 saturated heterocycles. The molecule has 18 heavy (non-hydrogen) atoms. The van der Waals surface area contributed by atoms with Gasteiger partial charge in [0.2, 0.25) is 19.5 Å². The normalized spacial score (nSPS) is 11.7. The minimum Gasteiger partial charge on any atom is -0.231 e. The van der Waals surface area contributed by atoms with Crippen LogP contribution in [-0.4, -0.2) is 23.4 Å². The Morgan fingerprint density at radius 2 is 2.00 bits per heavy atom. The molecule has 2 rings (SSSR count). The average molecular weight is 324 g/mol. The molecule has 0 unspecified atom stereocenters. The highest BCUT2D eigenvalue weighted by molar-refractivity contribution is 7.92. The third kappa shape index (κ3) is 3.17. The van der Waals surface area contributed by atoms with Crippen LogP contribution in [-0.2, 0) is 15.6 Å². The molecule has 0 atom stereocenters. The Hall–Kier alpha value is -0.760. The molecule has 0 amide bonds. The van der Waals surface area contributed by atoms with Gasteiger partial charge < -0.3 is 0 Å². The number of sulfone groups is 1. The minimum absolute atomic E-state index is 0.0610. The molecule has 0 aliphatic rings. The number of halogens is 2. The molecule has 0 fully saturated rings.